The summed E-state index contributed by atoms with van der Waals surface area (Å²) in [6.07, 6.45) is -1.69. The number of hydrogen-bond donors (Lipinski definition) is 2. The van der Waals surface area contributed by atoms with Crippen molar-refractivity contribution >= 4 is 22.9 Å². The molecule has 4 nitrogen and oxygen atoms in total. The quantitative estimate of drug-likeness (QED) is 0.761. The number of alkyl halides is 3. The number of nitrogens with zero attached hydrogens (tertiary/aromatic N) is 1. The second kappa shape index (κ2) is 7.99. The van der Waals surface area contributed by atoms with Crippen LogP contribution in [0.25, 0.3) is 0 Å². The predicted octanol–water partition coefficient (Wildman–Crippen LogP) is 3.73. The summed E-state index contributed by atoms with van der Waals surface area (Å²) >= 11 is 0.751. The van der Waals surface area contributed by atoms with Crippen molar-refractivity contribution in [1.29, 1.82) is 0 Å². The summed E-state index contributed by atoms with van der Waals surface area (Å²) in [6, 6.07) is 1.39. The number of carbonyl (C=O) groups is 1. The summed E-state index contributed by atoms with van der Waals surface area (Å²) in [4.78, 5) is 14.0. The molecule has 8 heteroatoms. The maximum absolute atomic E-state index is 13.2. The fraction of sp³-hybridized carbons (Fsp3) is 0.737. The van der Waals surface area contributed by atoms with Crippen molar-refractivity contribution < 1.29 is 18.0 Å². The fourth-order valence-electron chi connectivity index (χ4n) is 4.52. The average Bonchev–Trinajstić information content (AvgIpc) is 3.27. The molecule has 0 radical (unpaired) electrons. The molecule has 1 aromatic rings. The fourth-order valence-corrected chi connectivity index (χ4v) is 5.30. The number of anilines is 1. The van der Waals surface area contributed by atoms with Gasteiger partial charge in [0.25, 0.3) is 0 Å². The van der Waals surface area contributed by atoms with Crippen LogP contribution < -0.4 is 15.5 Å². The lowest BCUT2D eigenvalue weighted by atomic mass is 9.97. The van der Waals surface area contributed by atoms with Crippen LogP contribution in [0, 0.1) is 17.8 Å². The van der Waals surface area contributed by atoms with Crippen molar-refractivity contribution in [1.82, 2.24) is 10.6 Å². The van der Waals surface area contributed by atoms with E-state index in [1.165, 1.54) is 5.38 Å². The lowest BCUT2D eigenvalue weighted by Crippen LogP contribution is -2.49. The van der Waals surface area contributed by atoms with Crippen molar-refractivity contribution in [2.45, 2.75) is 51.4 Å². The van der Waals surface area contributed by atoms with Crippen molar-refractivity contribution in [3.05, 3.63) is 16.3 Å². The van der Waals surface area contributed by atoms with E-state index in [2.05, 4.69) is 24.5 Å². The summed E-state index contributed by atoms with van der Waals surface area (Å²) in [5.74, 6) is 0.966. The van der Waals surface area contributed by atoms with E-state index in [1.807, 2.05) is 4.90 Å². The summed E-state index contributed by atoms with van der Waals surface area (Å²) in [7, 11) is 1.79. The van der Waals surface area contributed by atoms with E-state index in [4.69, 9.17) is 0 Å². The Kier molecular flexibility index (Phi) is 6.05. The van der Waals surface area contributed by atoms with Gasteiger partial charge in [-0.1, -0.05) is 13.8 Å². The molecule has 3 rings (SSSR count). The zero-order valence-corrected chi connectivity index (χ0v) is 16.8. The number of thiophene rings is 1. The molecular weight excluding hydrogens is 375 g/mol. The smallest absolute Gasteiger partial charge is 0.370 e. The van der Waals surface area contributed by atoms with Crippen molar-refractivity contribution in [3.63, 3.8) is 0 Å². The number of halogens is 3. The van der Waals surface area contributed by atoms with Crippen molar-refractivity contribution in [2.75, 3.05) is 25.0 Å². The Morgan fingerprint density at radius 2 is 2.07 bits per heavy atom. The Morgan fingerprint density at radius 3 is 2.70 bits per heavy atom. The standard InChI is InChI=1S/C19H28F3N3OS/c1-11(2)8-15(23-3)18(26)24-14-5-4-12-9-25(10-13(12)14)16-6-7-27-17(16)19(20,21)22/h6-7,11-15,23H,4-5,8-10H2,1-3H3,(H,24,26)/t12-,13+,14+,15+/m1/s1. The molecule has 2 heterocycles. The predicted molar refractivity (Wildman–Crippen MR) is 102 cm³/mol. The van der Waals surface area contributed by atoms with Crippen LogP contribution in [0.2, 0.25) is 0 Å². The molecule has 1 amide bonds. The molecule has 2 N–H and O–H groups in total. The molecule has 0 bridgehead atoms. The molecule has 1 aliphatic carbocycles. The molecule has 152 valence electrons. The van der Waals surface area contributed by atoms with E-state index in [0.29, 0.717) is 30.6 Å². The summed E-state index contributed by atoms with van der Waals surface area (Å²) in [5.41, 5.74) is 0.292. The van der Waals surface area contributed by atoms with Crippen LogP contribution >= 0.6 is 11.3 Å². The maximum atomic E-state index is 13.2. The topological polar surface area (TPSA) is 44.4 Å². The van der Waals surface area contributed by atoms with Crippen molar-refractivity contribution in [3.8, 4) is 0 Å². The van der Waals surface area contributed by atoms with Gasteiger partial charge in [0, 0.05) is 25.0 Å². The molecule has 1 saturated carbocycles. The lowest BCUT2D eigenvalue weighted by Gasteiger charge is -2.26. The first-order chi connectivity index (χ1) is 12.7. The molecule has 1 aromatic heterocycles. The third-order valence-electron chi connectivity index (χ3n) is 5.80. The second-order valence-corrected chi connectivity index (χ2v) is 9.04. The van der Waals surface area contributed by atoms with Crippen LogP contribution in [0.5, 0.6) is 0 Å². The largest absolute Gasteiger partial charge is 0.427 e. The number of fused-ring (bicyclic) bond motifs is 1. The van der Waals surface area contributed by atoms with Crippen LogP contribution in [0.3, 0.4) is 0 Å². The van der Waals surface area contributed by atoms with Gasteiger partial charge in [-0.05, 0) is 49.6 Å². The molecule has 2 aliphatic rings. The highest BCUT2D eigenvalue weighted by atomic mass is 32.1. The molecule has 0 unspecified atom stereocenters. The van der Waals surface area contributed by atoms with E-state index in [9.17, 15) is 18.0 Å². The van der Waals surface area contributed by atoms with E-state index in [1.54, 1.807) is 13.1 Å². The molecule has 27 heavy (non-hydrogen) atoms. The van der Waals surface area contributed by atoms with Crippen LogP contribution in [0.4, 0.5) is 18.9 Å². The van der Waals surface area contributed by atoms with Gasteiger partial charge in [0.1, 0.15) is 4.88 Å². The highest BCUT2D eigenvalue weighted by molar-refractivity contribution is 7.10. The zero-order valence-electron chi connectivity index (χ0n) is 16.0. The minimum atomic E-state index is -4.31. The van der Waals surface area contributed by atoms with Gasteiger partial charge in [0.2, 0.25) is 5.91 Å². The van der Waals surface area contributed by atoms with Crippen molar-refractivity contribution in [2.24, 2.45) is 17.8 Å². The molecular formula is C19H28F3N3OS. The number of hydrogen-bond acceptors (Lipinski definition) is 4. The lowest BCUT2D eigenvalue weighted by molar-refractivity contribution is -0.133. The molecule has 0 spiro atoms. The first-order valence-corrected chi connectivity index (χ1v) is 10.5. The van der Waals surface area contributed by atoms with E-state index in [0.717, 1.165) is 30.6 Å². The van der Waals surface area contributed by atoms with Gasteiger partial charge in [-0.2, -0.15) is 13.2 Å². The van der Waals surface area contributed by atoms with Crippen LogP contribution in [0.1, 0.15) is 38.0 Å². The van der Waals surface area contributed by atoms with Crippen LogP contribution in [0.15, 0.2) is 11.4 Å². The molecule has 1 aliphatic heterocycles. The van der Waals surface area contributed by atoms with Gasteiger partial charge in [0.15, 0.2) is 0 Å². The summed E-state index contributed by atoms with van der Waals surface area (Å²) in [6.45, 7) is 5.37. The summed E-state index contributed by atoms with van der Waals surface area (Å²) < 4.78 is 39.7. The minimum absolute atomic E-state index is 0.00168. The SMILES string of the molecule is CN[C@@H](CC(C)C)C(=O)N[C@H]1CC[C@@H]2CN(c3ccsc3C(F)(F)F)C[C@@H]21. The van der Waals surface area contributed by atoms with E-state index >= 15 is 0 Å². The third kappa shape index (κ3) is 4.42. The third-order valence-corrected chi connectivity index (χ3v) is 6.75. The Hall–Kier alpha value is -1.28. The Labute approximate surface area is 162 Å². The number of rotatable bonds is 6. The normalized spacial score (nSPS) is 26.5. The van der Waals surface area contributed by atoms with Gasteiger partial charge in [-0.15, -0.1) is 11.3 Å². The van der Waals surface area contributed by atoms with Gasteiger partial charge in [-0.25, -0.2) is 0 Å². The van der Waals surface area contributed by atoms with Gasteiger partial charge in [0.05, 0.1) is 11.7 Å². The monoisotopic (exact) mass is 403 g/mol. The molecule has 0 aromatic carbocycles. The van der Waals surface area contributed by atoms with Gasteiger partial charge < -0.3 is 15.5 Å². The first-order valence-electron chi connectivity index (χ1n) is 9.58. The van der Waals surface area contributed by atoms with Gasteiger partial charge in [-0.3, -0.25) is 4.79 Å². The minimum Gasteiger partial charge on any atom is -0.370 e. The molecule has 1 saturated heterocycles. The van der Waals surface area contributed by atoms with Gasteiger partial charge >= 0.3 is 6.18 Å². The highest BCUT2D eigenvalue weighted by Gasteiger charge is 2.46. The van der Waals surface area contributed by atoms with Crippen LogP contribution in [-0.2, 0) is 11.0 Å². The average molecular weight is 404 g/mol. The molecule has 4 atom stereocenters. The van der Waals surface area contributed by atoms with E-state index in [-0.39, 0.29) is 23.9 Å². The molecule has 2 fully saturated rings. The highest BCUT2D eigenvalue weighted by Crippen LogP contribution is 2.45. The number of carbonyl (C=O) groups excluding carboxylic acids is 1. The number of likely N-dealkylation sites (N-methyl/N-ethyl adjacent to an activating group) is 1. The maximum Gasteiger partial charge on any atom is 0.427 e. The van der Waals surface area contributed by atoms with Crippen LogP contribution in [-0.4, -0.2) is 38.1 Å². The number of nitrogens with one attached hydrogen (secondary N) is 2. The number of amides is 1. The zero-order chi connectivity index (χ0) is 19.8. The first kappa shape index (κ1) is 20.5. The van der Waals surface area contributed by atoms with E-state index < -0.39 is 11.1 Å². The Bertz CT molecular complexity index is 661. The summed E-state index contributed by atoms with van der Waals surface area (Å²) in [5, 5.41) is 7.75. The Morgan fingerprint density at radius 1 is 1.33 bits per heavy atom. The second-order valence-electron chi connectivity index (χ2n) is 8.12. The Balaban J connectivity index is 1.65.